The van der Waals surface area contributed by atoms with E-state index in [9.17, 15) is 4.79 Å². The van der Waals surface area contributed by atoms with E-state index in [1.165, 1.54) is 29.7 Å². The quantitative estimate of drug-likeness (QED) is 0.559. The fourth-order valence-corrected chi connectivity index (χ4v) is 5.72. The third-order valence-corrected chi connectivity index (χ3v) is 7.19. The van der Waals surface area contributed by atoms with Gasteiger partial charge in [-0.1, -0.05) is 18.0 Å². The lowest BCUT2D eigenvalue weighted by Gasteiger charge is -2.14. The Morgan fingerprint density at radius 1 is 1.04 bits per heavy atom. The number of carbonyl (C=O) groups is 1. The van der Waals surface area contributed by atoms with Gasteiger partial charge in [0.05, 0.1) is 5.39 Å². The second-order valence-electron chi connectivity index (χ2n) is 7.63. The Morgan fingerprint density at radius 2 is 1.82 bits per heavy atom. The summed E-state index contributed by atoms with van der Waals surface area (Å²) in [7, 11) is 0. The number of benzene rings is 1. The third-order valence-electron chi connectivity index (χ3n) is 5.75. The van der Waals surface area contributed by atoms with E-state index in [2.05, 4.69) is 9.56 Å². The van der Waals surface area contributed by atoms with E-state index >= 15 is 0 Å². The summed E-state index contributed by atoms with van der Waals surface area (Å²) >= 11 is 7.78. The minimum absolute atomic E-state index is 0.209. The zero-order valence-corrected chi connectivity index (χ0v) is 17.3. The molecule has 144 valence electrons. The number of aryl methyl sites for hydroxylation is 3. The van der Waals surface area contributed by atoms with Crippen LogP contribution in [0.15, 0.2) is 29.3 Å². The Morgan fingerprint density at radius 3 is 2.68 bits per heavy atom. The van der Waals surface area contributed by atoms with Crippen molar-refractivity contribution in [2.24, 2.45) is 4.99 Å². The highest BCUT2D eigenvalue weighted by Gasteiger charge is 2.22. The number of thiophene rings is 1. The molecule has 1 aliphatic heterocycles. The summed E-state index contributed by atoms with van der Waals surface area (Å²) in [5.74, 6) is 0.866. The number of fused-ring (bicyclic) bond motifs is 4. The molecule has 0 saturated carbocycles. The first-order chi connectivity index (χ1) is 13.7. The zero-order chi connectivity index (χ0) is 19.1. The maximum absolute atomic E-state index is 13.0. The highest BCUT2D eigenvalue weighted by Crippen LogP contribution is 2.34. The summed E-state index contributed by atoms with van der Waals surface area (Å²) in [5, 5.41) is 1.74. The van der Waals surface area contributed by atoms with Crippen molar-refractivity contribution in [3.05, 3.63) is 56.6 Å². The number of carbonyl (C=O) groups excluding carboxylic acids is 1. The molecule has 0 fully saturated rings. The fourth-order valence-electron chi connectivity index (χ4n) is 4.32. The van der Waals surface area contributed by atoms with Gasteiger partial charge in [-0.25, -0.2) is 4.98 Å². The average Bonchev–Trinajstić information content (AvgIpc) is 2.90. The number of aromatic nitrogens is 2. The van der Waals surface area contributed by atoms with Crippen LogP contribution in [0, 0.1) is 0 Å². The Balaban J connectivity index is 1.77. The fraction of sp³-hybridized carbons (Fsp3) is 0.409. The molecule has 0 unspecified atom stereocenters. The number of hydrogen-bond donors (Lipinski definition) is 0. The van der Waals surface area contributed by atoms with Gasteiger partial charge in [-0.3, -0.25) is 4.79 Å². The van der Waals surface area contributed by atoms with Gasteiger partial charge in [0.1, 0.15) is 16.1 Å². The Hall–Kier alpha value is -1.98. The molecule has 2 aliphatic rings. The first kappa shape index (κ1) is 18.1. The van der Waals surface area contributed by atoms with Crippen molar-refractivity contribution < 1.29 is 4.79 Å². The van der Waals surface area contributed by atoms with Crippen LogP contribution in [0.4, 0.5) is 0 Å². The van der Waals surface area contributed by atoms with Crippen molar-refractivity contribution in [3.8, 4) is 0 Å². The van der Waals surface area contributed by atoms with Gasteiger partial charge >= 0.3 is 0 Å². The highest BCUT2D eigenvalue weighted by atomic mass is 35.5. The Bertz CT molecular complexity index is 1130. The normalized spacial score (nSPS) is 17.2. The van der Waals surface area contributed by atoms with Crippen LogP contribution in [-0.2, 0) is 25.8 Å². The van der Waals surface area contributed by atoms with Crippen LogP contribution in [0.2, 0.25) is 5.02 Å². The molecular formula is C22H22ClN3OS. The predicted molar refractivity (Wildman–Crippen MR) is 113 cm³/mol. The molecule has 0 saturated heterocycles. The van der Waals surface area contributed by atoms with E-state index in [0.717, 1.165) is 60.2 Å². The van der Waals surface area contributed by atoms with E-state index in [4.69, 9.17) is 16.6 Å². The molecule has 0 atom stereocenters. The molecule has 3 aromatic rings. The minimum Gasteiger partial charge on any atom is -0.314 e. The second kappa shape index (κ2) is 7.45. The Labute approximate surface area is 172 Å². The van der Waals surface area contributed by atoms with Crippen LogP contribution >= 0.6 is 22.9 Å². The molecule has 0 spiro atoms. The predicted octanol–water partition coefficient (Wildman–Crippen LogP) is 5.10. The van der Waals surface area contributed by atoms with Crippen LogP contribution in [0.1, 0.15) is 58.7 Å². The van der Waals surface area contributed by atoms with Crippen molar-refractivity contribution in [1.82, 2.24) is 9.55 Å². The lowest BCUT2D eigenvalue weighted by atomic mass is 9.97. The van der Waals surface area contributed by atoms with Gasteiger partial charge < -0.3 is 4.57 Å². The zero-order valence-electron chi connectivity index (χ0n) is 15.7. The maximum atomic E-state index is 13.0. The smallest absolute Gasteiger partial charge is 0.278 e. The molecular weight excluding hydrogens is 390 g/mol. The van der Waals surface area contributed by atoms with Gasteiger partial charge in [0.2, 0.25) is 0 Å². The van der Waals surface area contributed by atoms with Crippen molar-refractivity contribution in [3.63, 3.8) is 0 Å². The summed E-state index contributed by atoms with van der Waals surface area (Å²) in [6, 6.07) is 6.98. The second-order valence-corrected chi connectivity index (χ2v) is 9.15. The Kier molecular flexibility index (Phi) is 4.81. The van der Waals surface area contributed by atoms with E-state index in [1.54, 1.807) is 35.6 Å². The van der Waals surface area contributed by atoms with Crippen molar-refractivity contribution in [2.45, 2.75) is 57.9 Å². The SMILES string of the molecule is O=C(N=c1c2c3c(sc2nc2n1CCCCC2)CCCC3)c1ccc(Cl)cc1. The van der Waals surface area contributed by atoms with Gasteiger partial charge in [0.15, 0.2) is 0 Å². The third kappa shape index (κ3) is 3.20. The molecule has 0 radical (unpaired) electrons. The molecule has 4 nitrogen and oxygen atoms in total. The summed E-state index contributed by atoms with van der Waals surface area (Å²) < 4.78 is 2.21. The van der Waals surface area contributed by atoms with Crippen LogP contribution < -0.4 is 5.49 Å². The number of rotatable bonds is 1. The number of halogens is 1. The number of amides is 1. The van der Waals surface area contributed by atoms with Crippen molar-refractivity contribution >= 4 is 39.1 Å². The van der Waals surface area contributed by atoms with Crippen LogP contribution in [0.5, 0.6) is 0 Å². The minimum atomic E-state index is -0.209. The molecule has 2 aromatic heterocycles. The molecule has 1 amide bonds. The summed E-state index contributed by atoms with van der Waals surface area (Å²) in [6.45, 7) is 0.885. The van der Waals surface area contributed by atoms with E-state index in [-0.39, 0.29) is 5.91 Å². The monoisotopic (exact) mass is 411 g/mol. The molecule has 5 rings (SSSR count). The highest BCUT2D eigenvalue weighted by molar-refractivity contribution is 7.18. The van der Waals surface area contributed by atoms with Gasteiger partial charge in [0, 0.05) is 28.4 Å². The molecule has 0 bridgehead atoms. The van der Waals surface area contributed by atoms with Crippen LogP contribution in [0.3, 0.4) is 0 Å². The molecule has 0 N–H and O–H groups in total. The number of hydrogen-bond acceptors (Lipinski definition) is 3. The standard InChI is InChI=1S/C22H22ClN3OS/c23-15-11-9-14(10-12-15)21(27)25-20-19-16-6-3-4-7-17(16)28-22(19)24-18-8-2-1-5-13-26(18)20/h9-12H,1-8,13H2. The average molecular weight is 412 g/mol. The van der Waals surface area contributed by atoms with Crippen molar-refractivity contribution in [1.29, 1.82) is 0 Å². The molecule has 28 heavy (non-hydrogen) atoms. The lowest BCUT2D eigenvalue weighted by Crippen LogP contribution is -2.27. The maximum Gasteiger partial charge on any atom is 0.278 e. The molecule has 6 heteroatoms. The van der Waals surface area contributed by atoms with Gasteiger partial charge in [0.25, 0.3) is 5.91 Å². The van der Waals surface area contributed by atoms with E-state index in [1.807, 2.05) is 0 Å². The summed E-state index contributed by atoms with van der Waals surface area (Å²) in [5.41, 5.74) is 2.77. The van der Waals surface area contributed by atoms with Gasteiger partial charge in [-0.15, -0.1) is 11.3 Å². The number of nitrogens with zero attached hydrogens (tertiary/aromatic N) is 3. The van der Waals surface area contributed by atoms with E-state index in [0.29, 0.717) is 10.6 Å². The van der Waals surface area contributed by atoms with Gasteiger partial charge in [-0.2, -0.15) is 4.99 Å². The summed E-state index contributed by atoms with van der Waals surface area (Å²) in [4.78, 5) is 25.2. The van der Waals surface area contributed by atoms with Crippen molar-refractivity contribution in [2.75, 3.05) is 0 Å². The lowest BCUT2D eigenvalue weighted by molar-refractivity contribution is 0.0997. The first-order valence-corrected chi connectivity index (χ1v) is 11.3. The molecule has 3 heterocycles. The summed E-state index contributed by atoms with van der Waals surface area (Å²) in [6.07, 6.45) is 9.02. The van der Waals surface area contributed by atoms with E-state index < -0.39 is 0 Å². The van der Waals surface area contributed by atoms with Crippen LogP contribution in [0.25, 0.3) is 10.2 Å². The first-order valence-electron chi connectivity index (χ1n) is 10.1. The molecule has 1 aromatic carbocycles. The topological polar surface area (TPSA) is 47.2 Å². The largest absolute Gasteiger partial charge is 0.314 e. The van der Waals surface area contributed by atoms with Gasteiger partial charge in [-0.05, 0) is 68.4 Å². The van der Waals surface area contributed by atoms with Crippen LogP contribution in [-0.4, -0.2) is 15.5 Å². The molecule has 1 aliphatic carbocycles.